The number of nitrogens with zero attached hydrogens (tertiary/aromatic N) is 1. The van der Waals surface area contributed by atoms with Gasteiger partial charge in [0.05, 0.1) is 13.2 Å². The highest BCUT2D eigenvalue weighted by molar-refractivity contribution is 5.94. The molecule has 9 nitrogen and oxygen atoms in total. The molecule has 0 aliphatic rings. The van der Waals surface area contributed by atoms with E-state index in [-0.39, 0.29) is 13.2 Å². The van der Waals surface area contributed by atoms with Gasteiger partial charge in [-0.15, -0.1) is 0 Å². The molecule has 0 saturated heterocycles. The van der Waals surface area contributed by atoms with Crippen LogP contribution in [-0.2, 0) is 19.1 Å². The number of aliphatic hydroxyl groups is 1. The standard InChI is InChI=1S/C22H29NO2.C15H22O2.C11H10.2C3H4O.C2H6.CH4O.CH2O.CH4/c1-18-8-9-20(16-21(18)17-23-2)19-10-12-22(13-11-19)25-15-7-5-4-6-14-24-3;1-3-4-5-6-7-12-17-15-10-8-14(9-11-15)13(2)16;1-9-5-4-7-10-6-2-3-8-11(9)10;2*1-2-3-4;3*1-2;/h8-13,16-17H,4-7,14-15H2,1-3H3;8-11H,3-7,12H2,1-2H3;2-8H,1H3;2*2-3H,1H2;1-2H3;2H,1H3;1H2;1H4. The number of hydrogen-bond acceptors (Lipinski definition) is 9. The molecule has 9 heteroatoms. The number of unbranched alkanes of at least 4 members (excludes halogenated alkanes) is 7. The van der Waals surface area contributed by atoms with Crippen molar-refractivity contribution in [3.05, 3.63) is 157 Å². The van der Waals surface area contributed by atoms with Crippen LogP contribution in [0.5, 0.6) is 11.5 Å². The molecule has 5 aromatic carbocycles. The Morgan fingerprint density at radius 1 is 0.632 bits per heavy atom. The molecule has 0 heterocycles. The molecule has 0 amide bonds. The summed E-state index contributed by atoms with van der Waals surface area (Å²) in [5.41, 5.74) is 6.87. The molecule has 0 fully saturated rings. The number of aliphatic imine (C=N–C) groups is 1. The van der Waals surface area contributed by atoms with Crippen LogP contribution in [0.4, 0.5) is 0 Å². The minimum atomic E-state index is 0. The molecule has 5 rings (SSSR count). The summed E-state index contributed by atoms with van der Waals surface area (Å²) in [5.74, 6) is 1.88. The third-order valence-electron chi connectivity index (χ3n) is 9.22. The summed E-state index contributed by atoms with van der Waals surface area (Å²) in [7, 11) is 4.55. The van der Waals surface area contributed by atoms with Crippen LogP contribution in [0, 0.1) is 13.8 Å². The van der Waals surface area contributed by atoms with E-state index in [0.717, 1.165) is 68.8 Å². The number of aryl methyl sites for hydroxylation is 2. The van der Waals surface area contributed by atoms with Crippen molar-refractivity contribution in [2.24, 2.45) is 4.99 Å². The Kier molecular flexibility index (Phi) is 50.3. The Bertz CT molecular complexity index is 1980. The first-order chi connectivity index (χ1) is 32.7. The molecular weight excluding hydrogens is 851 g/mol. The zero-order valence-electron chi connectivity index (χ0n) is 42.1. The molecule has 0 aliphatic carbocycles. The van der Waals surface area contributed by atoms with Crippen molar-refractivity contribution in [2.75, 3.05) is 41.1 Å². The molecule has 5 aromatic rings. The molecule has 374 valence electrons. The Balaban J connectivity index is -0.000000412. The molecular formula is C59H85NO8. The Hall–Kier alpha value is -6.29. The number of Topliss-reactive ketones (excluding diaryl/α,β-unsaturated/α-hetero) is 1. The fourth-order valence-corrected chi connectivity index (χ4v) is 5.80. The molecule has 0 radical (unpaired) electrons. The summed E-state index contributed by atoms with van der Waals surface area (Å²) < 4.78 is 16.5. The normalized spacial score (nSPS) is 9.15. The van der Waals surface area contributed by atoms with Gasteiger partial charge in [-0.25, -0.2) is 0 Å². The van der Waals surface area contributed by atoms with Crippen molar-refractivity contribution in [1.29, 1.82) is 0 Å². The topological polar surface area (TPSA) is 129 Å². The minimum absolute atomic E-state index is 0. The van der Waals surface area contributed by atoms with Crippen LogP contribution in [0.3, 0.4) is 0 Å². The first kappa shape index (κ1) is 68.3. The van der Waals surface area contributed by atoms with E-state index in [1.807, 2.05) is 63.2 Å². The Labute approximate surface area is 411 Å². The van der Waals surface area contributed by atoms with Crippen LogP contribution >= 0.6 is 0 Å². The van der Waals surface area contributed by atoms with E-state index in [1.54, 1.807) is 21.1 Å². The Morgan fingerprint density at radius 3 is 1.54 bits per heavy atom. The third-order valence-corrected chi connectivity index (χ3v) is 9.22. The lowest BCUT2D eigenvalue weighted by Gasteiger charge is -2.09. The predicted octanol–water partition coefficient (Wildman–Crippen LogP) is 14.5. The minimum Gasteiger partial charge on any atom is -0.494 e. The van der Waals surface area contributed by atoms with E-state index in [0.29, 0.717) is 12.6 Å². The quantitative estimate of drug-likeness (QED) is 0.0269. The lowest BCUT2D eigenvalue weighted by Crippen LogP contribution is -1.98. The number of hydrogen-bond donors (Lipinski definition) is 1. The second-order valence-electron chi connectivity index (χ2n) is 14.1. The van der Waals surface area contributed by atoms with Gasteiger partial charge in [-0.2, -0.15) is 0 Å². The van der Waals surface area contributed by atoms with Crippen molar-refractivity contribution in [3.8, 4) is 22.6 Å². The number of ketones is 1. The predicted molar refractivity (Wildman–Crippen MR) is 291 cm³/mol. The lowest BCUT2D eigenvalue weighted by atomic mass is 10.0. The van der Waals surface area contributed by atoms with Crippen molar-refractivity contribution >= 4 is 42.1 Å². The van der Waals surface area contributed by atoms with E-state index in [1.165, 1.54) is 83.7 Å². The van der Waals surface area contributed by atoms with Crippen molar-refractivity contribution < 1.29 is 38.5 Å². The van der Waals surface area contributed by atoms with Gasteiger partial charge in [0.1, 0.15) is 30.9 Å². The number of aliphatic hydroxyl groups excluding tert-OH is 1. The summed E-state index contributed by atoms with van der Waals surface area (Å²) in [6.45, 7) is 22.6. The first-order valence-electron chi connectivity index (χ1n) is 23.0. The molecule has 68 heavy (non-hydrogen) atoms. The number of rotatable bonds is 20. The number of carbonyl (C=O) groups is 4. The van der Waals surface area contributed by atoms with Gasteiger partial charge in [-0.1, -0.05) is 140 Å². The van der Waals surface area contributed by atoms with Gasteiger partial charge in [-0.05, 0) is 140 Å². The zero-order chi connectivity index (χ0) is 50.9. The number of methoxy groups -OCH3 is 1. The summed E-state index contributed by atoms with van der Waals surface area (Å²) in [6, 6.07) is 37.0. The van der Waals surface area contributed by atoms with Crippen LogP contribution in [0.15, 0.2) is 139 Å². The second-order valence-corrected chi connectivity index (χ2v) is 14.1. The second kappa shape index (κ2) is 50.1. The number of carbonyl (C=O) groups excluding carboxylic acids is 4. The van der Waals surface area contributed by atoms with Gasteiger partial charge in [0, 0.05) is 39.7 Å². The van der Waals surface area contributed by atoms with Crippen LogP contribution in [0.2, 0.25) is 0 Å². The van der Waals surface area contributed by atoms with E-state index >= 15 is 0 Å². The van der Waals surface area contributed by atoms with Gasteiger partial charge < -0.3 is 24.1 Å². The summed E-state index contributed by atoms with van der Waals surface area (Å²) >= 11 is 0. The smallest absolute Gasteiger partial charge is 0.159 e. The summed E-state index contributed by atoms with van der Waals surface area (Å²) in [6.07, 6.45) is 16.4. The number of benzene rings is 5. The summed E-state index contributed by atoms with van der Waals surface area (Å²) in [4.78, 5) is 41.3. The maximum Gasteiger partial charge on any atom is 0.159 e. The molecule has 1 N–H and O–H groups in total. The van der Waals surface area contributed by atoms with Gasteiger partial charge in [0.2, 0.25) is 0 Å². The van der Waals surface area contributed by atoms with E-state index in [2.05, 4.69) is 112 Å². The van der Waals surface area contributed by atoms with E-state index in [4.69, 9.17) is 33.7 Å². The lowest BCUT2D eigenvalue weighted by molar-refractivity contribution is -0.104. The molecule has 0 atom stereocenters. The third kappa shape index (κ3) is 34.1. The monoisotopic (exact) mass is 936 g/mol. The highest BCUT2D eigenvalue weighted by Crippen LogP contribution is 2.25. The van der Waals surface area contributed by atoms with Crippen molar-refractivity contribution in [1.82, 2.24) is 0 Å². The average Bonchev–Trinajstić information content (AvgIpc) is 3.38. The average molecular weight is 936 g/mol. The molecule has 0 unspecified atom stereocenters. The van der Waals surface area contributed by atoms with Crippen LogP contribution in [0.1, 0.15) is 120 Å². The van der Waals surface area contributed by atoms with Crippen LogP contribution in [0.25, 0.3) is 21.9 Å². The van der Waals surface area contributed by atoms with Crippen LogP contribution in [-0.4, -0.2) is 77.6 Å². The van der Waals surface area contributed by atoms with E-state index in [9.17, 15) is 4.79 Å². The fraction of sp³-hybridized carbons (Fsp3) is 0.373. The molecule has 0 aromatic heterocycles. The molecule has 0 saturated carbocycles. The SMILES string of the molecule is C.C=CC=O.C=CC=O.C=O.CC.CCCCCCCOc1ccc(C(C)=O)cc1.CN=Cc1cc(-c2ccc(OCCCCCCOC)cc2)ccc1C.CO.Cc1cccc2ccccc12. The van der Waals surface area contributed by atoms with E-state index < -0.39 is 0 Å². The summed E-state index contributed by atoms with van der Waals surface area (Å²) in [5, 5.41) is 9.68. The highest BCUT2D eigenvalue weighted by atomic mass is 16.5. The maximum absolute atomic E-state index is 11.1. The number of aldehydes is 2. The highest BCUT2D eigenvalue weighted by Gasteiger charge is 2.03. The van der Waals surface area contributed by atoms with Gasteiger partial charge in [0.25, 0.3) is 0 Å². The first-order valence-corrected chi connectivity index (χ1v) is 23.0. The van der Waals surface area contributed by atoms with Gasteiger partial charge in [-0.3, -0.25) is 19.4 Å². The fourth-order valence-electron chi connectivity index (χ4n) is 5.80. The number of ether oxygens (including phenoxy) is 3. The van der Waals surface area contributed by atoms with Crippen molar-refractivity contribution in [3.63, 3.8) is 0 Å². The maximum atomic E-state index is 11.1. The van der Waals surface area contributed by atoms with Gasteiger partial charge >= 0.3 is 0 Å². The van der Waals surface area contributed by atoms with Crippen molar-refractivity contribution in [2.45, 2.75) is 107 Å². The number of allylic oxidation sites excluding steroid dienone is 2. The van der Waals surface area contributed by atoms with Crippen LogP contribution < -0.4 is 9.47 Å². The van der Waals surface area contributed by atoms with Gasteiger partial charge in [0.15, 0.2) is 5.78 Å². The molecule has 0 aliphatic heterocycles. The Morgan fingerprint density at radius 2 is 1.09 bits per heavy atom. The molecule has 0 bridgehead atoms. The molecule has 0 spiro atoms. The number of fused-ring (bicyclic) bond motifs is 1. The largest absolute Gasteiger partial charge is 0.494 e. The zero-order valence-corrected chi connectivity index (χ0v) is 42.1.